The van der Waals surface area contributed by atoms with E-state index in [1.54, 1.807) is 35.5 Å². The third kappa shape index (κ3) is 3.22. The van der Waals surface area contributed by atoms with E-state index in [-0.39, 0.29) is 17.5 Å². The summed E-state index contributed by atoms with van der Waals surface area (Å²) in [6.07, 6.45) is 4.93. The molecule has 1 amide bonds. The number of fused-ring (bicyclic) bond motifs is 1. The zero-order valence-electron chi connectivity index (χ0n) is 14.6. The van der Waals surface area contributed by atoms with Crippen molar-refractivity contribution in [3.05, 3.63) is 60.2 Å². The Kier molecular flexibility index (Phi) is 4.25. The van der Waals surface area contributed by atoms with Crippen molar-refractivity contribution in [1.82, 2.24) is 29.5 Å². The number of hydrogen-bond donors (Lipinski definition) is 1. The number of furan rings is 1. The molecule has 4 rings (SSSR count). The minimum Gasteiger partial charge on any atom is -0.461 e. The van der Waals surface area contributed by atoms with Crippen LogP contribution in [-0.2, 0) is 6.54 Å². The van der Waals surface area contributed by atoms with E-state index in [2.05, 4.69) is 20.1 Å². The zero-order valence-corrected chi connectivity index (χ0v) is 14.6. The molecule has 0 aliphatic rings. The molecule has 4 aromatic rings. The van der Waals surface area contributed by atoms with Gasteiger partial charge in [0.2, 0.25) is 11.8 Å². The first-order chi connectivity index (χ1) is 13.2. The smallest absolute Gasteiger partial charge is 0.273 e. The van der Waals surface area contributed by atoms with Crippen molar-refractivity contribution in [3.63, 3.8) is 0 Å². The summed E-state index contributed by atoms with van der Waals surface area (Å²) < 4.78 is 6.69. The normalized spacial score (nSPS) is 11.0. The maximum atomic E-state index is 12.9. The van der Waals surface area contributed by atoms with Crippen molar-refractivity contribution in [2.75, 3.05) is 12.3 Å². The minimum atomic E-state index is -0.230. The fourth-order valence-corrected chi connectivity index (χ4v) is 2.73. The van der Waals surface area contributed by atoms with Crippen LogP contribution in [0.4, 0.5) is 5.95 Å². The monoisotopic (exact) mass is 363 g/mol. The molecule has 0 unspecified atom stereocenters. The fourth-order valence-electron chi connectivity index (χ4n) is 2.73. The van der Waals surface area contributed by atoms with Gasteiger partial charge in [0.25, 0.3) is 5.91 Å². The maximum absolute atomic E-state index is 12.9. The van der Waals surface area contributed by atoms with Crippen LogP contribution in [0.5, 0.6) is 0 Å². The Morgan fingerprint density at radius 3 is 2.78 bits per heavy atom. The quantitative estimate of drug-likeness (QED) is 0.577. The molecule has 0 atom stereocenters. The van der Waals surface area contributed by atoms with Crippen molar-refractivity contribution in [2.45, 2.75) is 13.5 Å². The summed E-state index contributed by atoms with van der Waals surface area (Å²) in [4.78, 5) is 27.2. The summed E-state index contributed by atoms with van der Waals surface area (Å²) >= 11 is 0. The van der Waals surface area contributed by atoms with Crippen LogP contribution in [0, 0.1) is 0 Å². The lowest BCUT2D eigenvalue weighted by Crippen LogP contribution is -2.31. The Balaban J connectivity index is 1.66. The summed E-state index contributed by atoms with van der Waals surface area (Å²) in [6.45, 7) is 2.89. The van der Waals surface area contributed by atoms with Gasteiger partial charge in [0.05, 0.1) is 6.26 Å². The first-order valence-corrected chi connectivity index (χ1v) is 8.41. The van der Waals surface area contributed by atoms with E-state index in [9.17, 15) is 4.79 Å². The Bertz CT molecular complexity index is 1070. The summed E-state index contributed by atoms with van der Waals surface area (Å²) in [7, 11) is 0. The molecule has 27 heavy (non-hydrogen) atoms. The highest BCUT2D eigenvalue weighted by Crippen LogP contribution is 2.19. The van der Waals surface area contributed by atoms with Gasteiger partial charge in [-0.15, -0.1) is 5.10 Å². The van der Waals surface area contributed by atoms with Crippen LogP contribution in [0.2, 0.25) is 0 Å². The van der Waals surface area contributed by atoms with E-state index in [1.807, 2.05) is 19.1 Å². The molecular formula is C18H17N7O2. The third-order valence-corrected chi connectivity index (χ3v) is 4.10. The number of nitrogens with two attached hydrogens (primary N) is 1. The molecule has 4 heterocycles. The lowest BCUT2D eigenvalue weighted by atomic mass is 10.2. The number of nitrogen functional groups attached to an aromatic ring is 1. The lowest BCUT2D eigenvalue weighted by Gasteiger charge is -2.20. The first-order valence-electron chi connectivity index (χ1n) is 8.41. The highest BCUT2D eigenvalue weighted by atomic mass is 16.3. The number of carbonyl (C=O) groups is 1. The zero-order chi connectivity index (χ0) is 18.8. The van der Waals surface area contributed by atoms with Crippen LogP contribution < -0.4 is 5.73 Å². The SMILES string of the molecule is CCN(Cc1ccncc1)C(=O)c1cc2nc(-c3ccco3)nn2c(N)n1. The van der Waals surface area contributed by atoms with Gasteiger partial charge in [-0.25, -0.2) is 9.97 Å². The summed E-state index contributed by atoms with van der Waals surface area (Å²) in [5.74, 6) is 0.744. The average molecular weight is 363 g/mol. The number of carbonyl (C=O) groups excluding carboxylic acids is 1. The van der Waals surface area contributed by atoms with Crippen molar-refractivity contribution in [3.8, 4) is 11.6 Å². The predicted molar refractivity (Wildman–Crippen MR) is 97.5 cm³/mol. The van der Waals surface area contributed by atoms with E-state index in [0.29, 0.717) is 30.3 Å². The van der Waals surface area contributed by atoms with Crippen molar-refractivity contribution < 1.29 is 9.21 Å². The number of amides is 1. The molecule has 0 aliphatic heterocycles. The molecular weight excluding hydrogens is 346 g/mol. The minimum absolute atomic E-state index is 0.0844. The predicted octanol–water partition coefficient (Wildman–Crippen LogP) is 2.02. The largest absolute Gasteiger partial charge is 0.461 e. The number of aromatic nitrogens is 5. The van der Waals surface area contributed by atoms with E-state index >= 15 is 0 Å². The van der Waals surface area contributed by atoms with Crippen LogP contribution >= 0.6 is 0 Å². The third-order valence-electron chi connectivity index (χ3n) is 4.10. The van der Waals surface area contributed by atoms with Gasteiger partial charge >= 0.3 is 0 Å². The molecule has 9 heteroatoms. The van der Waals surface area contributed by atoms with Crippen molar-refractivity contribution in [1.29, 1.82) is 0 Å². The van der Waals surface area contributed by atoms with Gasteiger partial charge in [-0.05, 0) is 36.8 Å². The van der Waals surface area contributed by atoms with E-state index in [4.69, 9.17) is 10.2 Å². The van der Waals surface area contributed by atoms with Crippen LogP contribution in [-0.4, -0.2) is 41.9 Å². The second-order valence-electron chi connectivity index (χ2n) is 5.86. The number of hydrogen-bond acceptors (Lipinski definition) is 7. The second-order valence-corrected chi connectivity index (χ2v) is 5.86. The molecule has 0 fully saturated rings. The molecule has 0 saturated carbocycles. The van der Waals surface area contributed by atoms with Crippen molar-refractivity contribution in [2.24, 2.45) is 0 Å². The molecule has 136 valence electrons. The molecule has 0 aliphatic carbocycles. The van der Waals surface area contributed by atoms with Gasteiger partial charge in [0.1, 0.15) is 5.69 Å². The standard InChI is InChI=1S/C18H17N7O2/c1-2-24(11-12-5-7-20-8-6-12)17(26)13-10-15-22-16(14-4-3-9-27-14)23-25(15)18(19)21-13/h3-10H,2,11H2,1H3,(H2,19,21). The highest BCUT2D eigenvalue weighted by Gasteiger charge is 2.20. The lowest BCUT2D eigenvalue weighted by molar-refractivity contribution is 0.0746. The molecule has 9 nitrogen and oxygen atoms in total. The molecule has 0 spiro atoms. The summed E-state index contributed by atoms with van der Waals surface area (Å²) in [6, 6.07) is 8.81. The van der Waals surface area contributed by atoms with Crippen LogP contribution in [0.15, 0.2) is 53.4 Å². The van der Waals surface area contributed by atoms with Gasteiger partial charge in [-0.3, -0.25) is 9.78 Å². The van der Waals surface area contributed by atoms with Crippen LogP contribution in [0.3, 0.4) is 0 Å². The van der Waals surface area contributed by atoms with Gasteiger partial charge in [-0.1, -0.05) is 0 Å². The Morgan fingerprint density at radius 2 is 2.07 bits per heavy atom. The average Bonchev–Trinajstić information content (AvgIpc) is 3.36. The Morgan fingerprint density at radius 1 is 1.26 bits per heavy atom. The molecule has 2 N–H and O–H groups in total. The van der Waals surface area contributed by atoms with E-state index in [1.165, 1.54) is 10.8 Å². The van der Waals surface area contributed by atoms with Crippen LogP contribution in [0.1, 0.15) is 23.0 Å². The number of nitrogens with zero attached hydrogens (tertiary/aromatic N) is 6. The molecule has 0 radical (unpaired) electrons. The van der Waals surface area contributed by atoms with Gasteiger partial charge in [-0.2, -0.15) is 4.52 Å². The summed E-state index contributed by atoms with van der Waals surface area (Å²) in [5.41, 5.74) is 7.62. The van der Waals surface area contributed by atoms with Gasteiger partial charge < -0.3 is 15.1 Å². The fraction of sp³-hybridized carbons (Fsp3) is 0.167. The highest BCUT2D eigenvalue weighted by molar-refractivity contribution is 5.93. The Hall–Kier alpha value is -3.75. The number of rotatable bonds is 5. The van der Waals surface area contributed by atoms with Crippen LogP contribution in [0.25, 0.3) is 17.2 Å². The number of pyridine rings is 1. The maximum Gasteiger partial charge on any atom is 0.273 e. The Labute approximate surface area is 154 Å². The van der Waals surface area contributed by atoms with Crippen molar-refractivity contribution >= 4 is 17.5 Å². The van der Waals surface area contributed by atoms with E-state index < -0.39 is 0 Å². The number of anilines is 1. The summed E-state index contributed by atoms with van der Waals surface area (Å²) in [5, 5.41) is 4.28. The first kappa shape index (κ1) is 16.7. The van der Waals surface area contributed by atoms with Gasteiger partial charge in [0.15, 0.2) is 11.4 Å². The van der Waals surface area contributed by atoms with E-state index in [0.717, 1.165) is 5.56 Å². The molecule has 0 aromatic carbocycles. The molecule has 4 aromatic heterocycles. The molecule has 0 bridgehead atoms. The van der Waals surface area contributed by atoms with Gasteiger partial charge in [0, 0.05) is 31.5 Å². The second kappa shape index (κ2) is 6.87. The topological polar surface area (TPSA) is 115 Å². The molecule has 0 saturated heterocycles.